The van der Waals surface area contributed by atoms with E-state index >= 15 is 0 Å². The van der Waals surface area contributed by atoms with Gasteiger partial charge in [-0.3, -0.25) is 19.1 Å². The number of hydrogen-bond acceptors (Lipinski definition) is 9. The fraction of sp³-hybridized carbons (Fsp3) is 0.148. The first-order chi connectivity index (χ1) is 18.6. The zero-order valence-electron chi connectivity index (χ0n) is 20.9. The number of nitrogen functional groups attached to an aromatic ring is 1. The van der Waals surface area contributed by atoms with Gasteiger partial charge < -0.3 is 10.6 Å². The van der Waals surface area contributed by atoms with Crippen molar-refractivity contribution in [3.8, 4) is 0 Å². The van der Waals surface area contributed by atoms with Gasteiger partial charge in [0.15, 0.2) is 15.7 Å². The monoisotopic (exact) mass is 545 g/mol. The number of hydrogen-bond donors (Lipinski definition) is 1. The average Bonchev–Trinajstić information content (AvgIpc) is 3.45. The maximum Gasteiger partial charge on any atom is 0.354 e. The summed E-state index contributed by atoms with van der Waals surface area (Å²) >= 11 is 0. The molecular formula is C27H23N5O6S. The summed E-state index contributed by atoms with van der Waals surface area (Å²) in [6.07, 6.45) is 1.44. The summed E-state index contributed by atoms with van der Waals surface area (Å²) in [5.74, 6) is -2.24. The zero-order chi connectivity index (χ0) is 27.9. The number of carbonyl (C=O) groups is 3. The summed E-state index contributed by atoms with van der Waals surface area (Å²) in [4.78, 5) is 48.2. The van der Waals surface area contributed by atoms with Crippen LogP contribution in [0.5, 0.6) is 0 Å². The van der Waals surface area contributed by atoms with E-state index in [0.717, 1.165) is 4.90 Å². The molecule has 0 atom stereocenters. The molecule has 1 aliphatic heterocycles. The van der Waals surface area contributed by atoms with Gasteiger partial charge in [-0.05, 0) is 50.2 Å². The lowest BCUT2D eigenvalue weighted by molar-refractivity contribution is -0.143. The van der Waals surface area contributed by atoms with Gasteiger partial charge in [0.25, 0.3) is 11.8 Å². The van der Waals surface area contributed by atoms with E-state index in [-0.39, 0.29) is 33.1 Å². The van der Waals surface area contributed by atoms with Gasteiger partial charge in [0.2, 0.25) is 0 Å². The summed E-state index contributed by atoms with van der Waals surface area (Å²) in [7, 11) is -3.75. The molecule has 0 saturated carbocycles. The van der Waals surface area contributed by atoms with Crippen LogP contribution in [0.2, 0.25) is 0 Å². The second kappa shape index (κ2) is 9.80. The van der Waals surface area contributed by atoms with E-state index in [9.17, 15) is 22.8 Å². The predicted molar refractivity (Wildman–Crippen MR) is 143 cm³/mol. The van der Waals surface area contributed by atoms with Gasteiger partial charge in [-0.15, -0.1) is 0 Å². The molecule has 0 saturated heterocycles. The summed E-state index contributed by atoms with van der Waals surface area (Å²) in [5.41, 5.74) is 8.02. The molecule has 0 radical (unpaired) electrons. The van der Waals surface area contributed by atoms with Gasteiger partial charge in [-0.2, -0.15) is 0 Å². The van der Waals surface area contributed by atoms with Gasteiger partial charge in [0.05, 0.1) is 38.0 Å². The van der Waals surface area contributed by atoms with Crippen LogP contribution in [-0.4, -0.2) is 58.3 Å². The Labute approximate surface area is 223 Å². The minimum atomic E-state index is -3.75. The Morgan fingerprint density at radius 1 is 0.974 bits per heavy atom. The lowest BCUT2D eigenvalue weighted by Crippen LogP contribution is -2.35. The molecule has 1 aliphatic rings. The zero-order valence-corrected chi connectivity index (χ0v) is 21.8. The molecule has 12 heteroatoms. The van der Waals surface area contributed by atoms with Crippen molar-refractivity contribution in [2.45, 2.75) is 24.0 Å². The molecular weight excluding hydrogens is 522 g/mol. The minimum absolute atomic E-state index is 0.0160. The first kappa shape index (κ1) is 25.8. The van der Waals surface area contributed by atoms with Crippen molar-refractivity contribution < 1.29 is 27.6 Å². The molecule has 39 heavy (non-hydrogen) atoms. The third-order valence-corrected chi connectivity index (χ3v) is 8.53. The van der Waals surface area contributed by atoms with Gasteiger partial charge >= 0.3 is 5.97 Å². The molecule has 11 nitrogen and oxygen atoms in total. The third kappa shape index (κ3) is 4.44. The van der Waals surface area contributed by atoms with Crippen LogP contribution in [0.25, 0.3) is 11.0 Å². The number of anilines is 1. The van der Waals surface area contributed by atoms with Crippen LogP contribution < -0.4 is 5.73 Å². The van der Waals surface area contributed by atoms with Crippen LogP contribution in [0.4, 0.5) is 5.69 Å². The van der Waals surface area contributed by atoms with Gasteiger partial charge in [0, 0.05) is 5.56 Å². The van der Waals surface area contributed by atoms with Crippen molar-refractivity contribution in [1.82, 2.24) is 14.5 Å². The Bertz CT molecular complexity index is 1760. The first-order valence-corrected chi connectivity index (χ1v) is 13.4. The maximum atomic E-state index is 12.9. The Hall–Kier alpha value is -4.84. The standard InChI is InChI=1S/C27H23N5O6S/c1-16(2)39(36,37)22-13-7-10-19(24(22)28)25(32-15-29-20-11-5-6-12-21(20)32)30-38-23(33)14-31-26(34)17-8-3-4-9-18(17)27(31)35/h3-13,15-16H,14,28H2,1-2H3/b30-25-. The smallest absolute Gasteiger partial charge is 0.354 e. The fourth-order valence-corrected chi connectivity index (χ4v) is 5.42. The summed E-state index contributed by atoms with van der Waals surface area (Å²) in [5, 5.41) is 3.29. The molecule has 0 bridgehead atoms. The van der Waals surface area contributed by atoms with Crippen molar-refractivity contribution in [3.05, 3.63) is 89.7 Å². The number of para-hydroxylation sites is 3. The van der Waals surface area contributed by atoms with Crippen LogP contribution in [-0.2, 0) is 19.5 Å². The lowest BCUT2D eigenvalue weighted by atomic mass is 10.1. The summed E-state index contributed by atoms with van der Waals surface area (Å²) in [6.45, 7) is 2.41. The van der Waals surface area contributed by atoms with Crippen LogP contribution in [0, 0.1) is 0 Å². The van der Waals surface area contributed by atoms with Gasteiger partial charge in [0.1, 0.15) is 12.9 Å². The van der Waals surface area contributed by atoms with E-state index in [2.05, 4.69) is 10.1 Å². The number of oxime groups is 1. The van der Waals surface area contributed by atoms with E-state index < -0.39 is 39.4 Å². The van der Waals surface area contributed by atoms with Crippen molar-refractivity contribution in [2.75, 3.05) is 12.3 Å². The van der Waals surface area contributed by atoms with E-state index in [1.54, 1.807) is 56.3 Å². The highest BCUT2D eigenvalue weighted by Gasteiger charge is 2.37. The molecule has 0 unspecified atom stereocenters. The number of amides is 2. The minimum Gasteiger partial charge on any atom is -0.397 e. The number of benzene rings is 3. The number of sulfone groups is 1. The van der Waals surface area contributed by atoms with Crippen LogP contribution >= 0.6 is 0 Å². The van der Waals surface area contributed by atoms with Crippen LogP contribution in [0.1, 0.15) is 40.1 Å². The van der Waals surface area contributed by atoms with Crippen molar-refractivity contribution >= 4 is 50.2 Å². The molecule has 5 rings (SSSR count). The Balaban J connectivity index is 1.53. The largest absolute Gasteiger partial charge is 0.397 e. The molecule has 0 spiro atoms. The van der Waals surface area contributed by atoms with Crippen LogP contribution in [0.3, 0.4) is 0 Å². The van der Waals surface area contributed by atoms with Crippen molar-refractivity contribution in [2.24, 2.45) is 5.16 Å². The first-order valence-electron chi connectivity index (χ1n) is 11.9. The number of nitrogens with zero attached hydrogens (tertiary/aromatic N) is 4. The van der Waals surface area contributed by atoms with Gasteiger partial charge in [-0.1, -0.05) is 35.5 Å². The SMILES string of the molecule is CC(C)S(=O)(=O)c1cccc(/C(=N/OC(=O)CN2C(=O)c3ccccc3C2=O)n2cnc3ccccc32)c1N. The second-order valence-electron chi connectivity index (χ2n) is 9.03. The highest BCUT2D eigenvalue weighted by molar-refractivity contribution is 7.92. The number of rotatable bonds is 6. The number of nitrogens with two attached hydrogens (primary N) is 1. The molecule has 1 aromatic heterocycles. The Morgan fingerprint density at radius 3 is 2.28 bits per heavy atom. The van der Waals surface area contributed by atoms with E-state index in [4.69, 9.17) is 10.6 Å². The Kier molecular flexibility index (Phi) is 6.48. The quantitative estimate of drug-likeness (QED) is 0.0969. The van der Waals surface area contributed by atoms with E-state index in [0.29, 0.717) is 11.0 Å². The normalized spacial score (nSPS) is 13.8. The molecule has 2 N–H and O–H groups in total. The highest BCUT2D eigenvalue weighted by Crippen LogP contribution is 2.28. The summed E-state index contributed by atoms with van der Waals surface area (Å²) in [6, 6.07) is 17.8. The third-order valence-electron chi connectivity index (χ3n) is 6.32. The highest BCUT2D eigenvalue weighted by atomic mass is 32.2. The molecule has 198 valence electrons. The molecule has 4 aromatic rings. The average molecular weight is 546 g/mol. The van der Waals surface area contributed by atoms with Crippen molar-refractivity contribution in [1.29, 1.82) is 0 Å². The van der Waals surface area contributed by atoms with Crippen molar-refractivity contribution in [3.63, 3.8) is 0 Å². The number of imidazole rings is 1. The maximum absolute atomic E-state index is 12.9. The lowest BCUT2D eigenvalue weighted by Gasteiger charge is -2.16. The van der Waals surface area contributed by atoms with Crippen LogP contribution in [0.15, 0.2) is 83.1 Å². The summed E-state index contributed by atoms with van der Waals surface area (Å²) < 4.78 is 27.4. The molecule has 0 fully saturated rings. The topological polar surface area (TPSA) is 154 Å². The molecule has 2 amide bonds. The van der Waals surface area contributed by atoms with E-state index in [1.807, 2.05) is 0 Å². The number of fused-ring (bicyclic) bond motifs is 2. The van der Waals surface area contributed by atoms with Gasteiger partial charge in [-0.25, -0.2) is 18.2 Å². The molecule has 2 heterocycles. The Morgan fingerprint density at radius 2 is 1.62 bits per heavy atom. The van der Waals surface area contributed by atoms with E-state index in [1.165, 1.54) is 35.2 Å². The molecule has 0 aliphatic carbocycles. The molecule has 3 aromatic carbocycles. The second-order valence-corrected chi connectivity index (χ2v) is 11.5. The number of aromatic nitrogens is 2. The predicted octanol–water partition coefficient (Wildman–Crippen LogP) is 2.85. The fourth-order valence-electron chi connectivity index (χ4n) is 4.23. The number of imide groups is 1. The number of carbonyl (C=O) groups excluding carboxylic acids is 3.